The van der Waals surface area contributed by atoms with Gasteiger partial charge in [0.05, 0.1) is 19.3 Å². The standard InChI is InChI=1S/C19H32N4O2/c1-15(2)25-18-13-16(3)5-6-17(18)14-22-19(20-4)21-7-8-23-9-11-24-12-10-23/h5-6,13,15H,7-12,14H2,1-4H3,(H2,20,21,22). The van der Waals surface area contributed by atoms with Crippen LogP contribution in [0.4, 0.5) is 0 Å². The van der Waals surface area contributed by atoms with E-state index in [9.17, 15) is 0 Å². The Morgan fingerprint density at radius 3 is 2.72 bits per heavy atom. The van der Waals surface area contributed by atoms with Crippen molar-refractivity contribution in [2.75, 3.05) is 46.4 Å². The van der Waals surface area contributed by atoms with Crippen molar-refractivity contribution in [2.45, 2.75) is 33.4 Å². The zero-order chi connectivity index (χ0) is 18.1. The lowest BCUT2D eigenvalue weighted by atomic mass is 10.1. The van der Waals surface area contributed by atoms with Crippen molar-refractivity contribution in [1.82, 2.24) is 15.5 Å². The average molecular weight is 348 g/mol. The zero-order valence-electron chi connectivity index (χ0n) is 16.0. The van der Waals surface area contributed by atoms with E-state index >= 15 is 0 Å². The van der Waals surface area contributed by atoms with E-state index in [1.807, 2.05) is 13.8 Å². The Morgan fingerprint density at radius 1 is 1.28 bits per heavy atom. The van der Waals surface area contributed by atoms with Gasteiger partial charge in [-0.05, 0) is 32.4 Å². The number of hydrogen-bond donors (Lipinski definition) is 2. The second-order valence-corrected chi connectivity index (χ2v) is 6.58. The highest BCUT2D eigenvalue weighted by molar-refractivity contribution is 5.79. The maximum atomic E-state index is 5.93. The molecule has 0 unspecified atom stereocenters. The molecule has 1 aliphatic heterocycles. The molecule has 0 spiro atoms. The highest BCUT2D eigenvalue weighted by atomic mass is 16.5. The Hall–Kier alpha value is -1.79. The van der Waals surface area contributed by atoms with Crippen LogP contribution in [0, 0.1) is 6.92 Å². The smallest absolute Gasteiger partial charge is 0.191 e. The lowest BCUT2D eigenvalue weighted by molar-refractivity contribution is 0.0389. The minimum absolute atomic E-state index is 0.159. The summed E-state index contributed by atoms with van der Waals surface area (Å²) in [6.45, 7) is 12.4. The molecule has 1 heterocycles. The number of aliphatic imine (C=N–C) groups is 1. The summed E-state index contributed by atoms with van der Waals surface area (Å²) in [4.78, 5) is 6.71. The van der Waals surface area contributed by atoms with E-state index in [2.05, 4.69) is 45.6 Å². The molecule has 2 rings (SSSR count). The molecule has 0 aliphatic carbocycles. The van der Waals surface area contributed by atoms with Crippen LogP contribution >= 0.6 is 0 Å². The topological polar surface area (TPSA) is 58.1 Å². The molecule has 6 nitrogen and oxygen atoms in total. The fourth-order valence-corrected chi connectivity index (χ4v) is 2.73. The van der Waals surface area contributed by atoms with E-state index in [1.165, 1.54) is 5.56 Å². The summed E-state index contributed by atoms with van der Waals surface area (Å²) in [5.41, 5.74) is 2.34. The minimum Gasteiger partial charge on any atom is -0.491 e. The molecule has 1 aromatic rings. The van der Waals surface area contributed by atoms with Crippen molar-refractivity contribution in [1.29, 1.82) is 0 Å². The number of hydrogen-bond acceptors (Lipinski definition) is 4. The van der Waals surface area contributed by atoms with E-state index in [4.69, 9.17) is 9.47 Å². The number of rotatable bonds is 7. The van der Waals surface area contributed by atoms with Gasteiger partial charge in [-0.2, -0.15) is 0 Å². The van der Waals surface area contributed by atoms with Crippen LogP contribution in [0.3, 0.4) is 0 Å². The van der Waals surface area contributed by atoms with Crippen molar-refractivity contribution in [3.63, 3.8) is 0 Å². The number of nitrogens with one attached hydrogen (secondary N) is 2. The van der Waals surface area contributed by atoms with Gasteiger partial charge < -0.3 is 20.1 Å². The summed E-state index contributed by atoms with van der Waals surface area (Å²) < 4.78 is 11.3. The molecule has 140 valence electrons. The summed E-state index contributed by atoms with van der Waals surface area (Å²) in [5, 5.41) is 6.75. The molecular formula is C19H32N4O2. The fourth-order valence-electron chi connectivity index (χ4n) is 2.73. The molecule has 0 bridgehead atoms. The van der Waals surface area contributed by atoms with Crippen molar-refractivity contribution in [3.8, 4) is 5.75 Å². The third kappa shape index (κ3) is 6.92. The van der Waals surface area contributed by atoms with Gasteiger partial charge in [0.15, 0.2) is 5.96 Å². The summed E-state index contributed by atoms with van der Waals surface area (Å²) >= 11 is 0. The van der Waals surface area contributed by atoms with Gasteiger partial charge in [0.25, 0.3) is 0 Å². The van der Waals surface area contributed by atoms with Crippen molar-refractivity contribution in [3.05, 3.63) is 29.3 Å². The van der Waals surface area contributed by atoms with E-state index < -0.39 is 0 Å². The van der Waals surface area contributed by atoms with Crippen molar-refractivity contribution < 1.29 is 9.47 Å². The second kappa shape index (κ2) is 10.3. The molecule has 1 fully saturated rings. The van der Waals surface area contributed by atoms with Crippen LogP contribution in [0.25, 0.3) is 0 Å². The lowest BCUT2D eigenvalue weighted by Crippen LogP contribution is -2.44. The molecule has 0 amide bonds. The number of morpholine rings is 1. The van der Waals surface area contributed by atoms with Gasteiger partial charge in [-0.25, -0.2) is 0 Å². The molecule has 1 aromatic carbocycles. The van der Waals surface area contributed by atoms with E-state index in [1.54, 1.807) is 7.05 Å². The van der Waals surface area contributed by atoms with Gasteiger partial charge in [-0.1, -0.05) is 12.1 Å². The molecule has 0 saturated carbocycles. The van der Waals surface area contributed by atoms with Gasteiger partial charge in [0, 0.05) is 45.3 Å². The summed E-state index contributed by atoms with van der Waals surface area (Å²) in [6.07, 6.45) is 0.159. The summed E-state index contributed by atoms with van der Waals surface area (Å²) in [7, 11) is 1.80. The molecule has 0 radical (unpaired) electrons. The summed E-state index contributed by atoms with van der Waals surface area (Å²) in [5.74, 6) is 1.75. The number of guanidine groups is 1. The predicted molar refractivity (Wildman–Crippen MR) is 102 cm³/mol. The van der Waals surface area contributed by atoms with Crippen LogP contribution < -0.4 is 15.4 Å². The summed E-state index contributed by atoms with van der Waals surface area (Å²) in [6, 6.07) is 6.31. The molecule has 1 aliphatic rings. The molecule has 0 atom stereocenters. The number of nitrogens with zero attached hydrogens (tertiary/aromatic N) is 2. The van der Waals surface area contributed by atoms with Crippen molar-refractivity contribution >= 4 is 5.96 Å². The zero-order valence-corrected chi connectivity index (χ0v) is 16.0. The van der Waals surface area contributed by atoms with E-state index in [0.717, 1.165) is 56.7 Å². The second-order valence-electron chi connectivity index (χ2n) is 6.58. The quantitative estimate of drug-likeness (QED) is 0.581. The molecule has 0 aromatic heterocycles. The SMILES string of the molecule is CN=C(NCCN1CCOCC1)NCc1ccc(C)cc1OC(C)C. The molecule has 25 heavy (non-hydrogen) atoms. The Bertz CT molecular complexity index is 554. The Kier molecular flexibility index (Phi) is 8.01. The normalized spacial score (nSPS) is 16.1. The van der Waals surface area contributed by atoms with Crippen molar-refractivity contribution in [2.24, 2.45) is 4.99 Å². The number of ether oxygens (including phenoxy) is 2. The number of aryl methyl sites for hydroxylation is 1. The van der Waals surface area contributed by atoms with Gasteiger partial charge in [0.2, 0.25) is 0 Å². The van der Waals surface area contributed by atoms with Crippen LogP contribution in [-0.2, 0) is 11.3 Å². The first-order valence-electron chi connectivity index (χ1n) is 9.09. The van der Waals surface area contributed by atoms with Gasteiger partial charge in [-0.15, -0.1) is 0 Å². The Labute approximate surface area is 151 Å². The lowest BCUT2D eigenvalue weighted by Gasteiger charge is -2.26. The third-order valence-electron chi connectivity index (χ3n) is 4.08. The maximum absolute atomic E-state index is 5.93. The Balaban J connectivity index is 1.81. The predicted octanol–water partition coefficient (Wildman–Crippen LogP) is 1.78. The number of benzene rings is 1. The highest BCUT2D eigenvalue weighted by Gasteiger charge is 2.10. The highest BCUT2D eigenvalue weighted by Crippen LogP contribution is 2.21. The van der Waals surface area contributed by atoms with Crippen LogP contribution in [0.15, 0.2) is 23.2 Å². The van der Waals surface area contributed by atoms with Gasteiger partial charge >= 0.3 is 0 Å². The van der Waals surface area contributed by atoms with Gasteiger partial charge in [-0.3, -0.25) is 9.89 Å². The fraction of sp³-hybridized carbons (Fsp3) is 0.632. The molecule has 1 saturated heterocycles. The monoisotopic (exact) mass is 348 g/mol. The van der Waals surface area contributed by atoms with Crippen LogP contribution in [0.1, 0.15) is 25.0 Å². The molecular weight excluding hydrogens is 316 g/mol. The molecule has 6 heteroatoms. The first-order chi connectivity index (χ1) is 12.1. The Morgan fingerprint density at radius 2 is 2.04 bits per heavy atom. The van der Waals surface area contributed by atoms with Crippen LogP contribution in [0.2, 0.25) is 0 Å². The van der Waals surface area contributed by atoms with Gasteiger partial charge in [0.1, 0.15) is 5.75 Å². The maximum Gasteiger partial charge on any atom is 0.191 e. The van der Waals surface area contributed by atoms with E-state index in [0.29, 0.717) is 6.54 Å². The molecule has 2 N–H and O–H groups in total. The van der Waals surface area contributed by atoms with Crippen LogP contribution in [0.5, 0.6) is 5.75 Å². The third-order valence-corrected chi connectivity index (χ3v) is 4.08. The first-order valence-corrected chi connectivity index (χ1v) is 9.09. The largest absolute Gasteiger partial charge is 0.491 e. The average Bonchev–Trinajstić information content (AvgIpc) is 2.59. The minimum atomic E-state index is 0.159. The first kappa shape index (κ1) is 19.5. The van der Waals surface area contributed by atoms with Crippen LogP contribution in [-0.4, -0.2) is 63.4 Å². The van der Waals surface area contributed by atoms with E-state index in [-0.39, 0.29) is 6.10 Å².